The summed E-state index contributed by atoms with van der Waals surface area (Å²) in [5.74, 6) is 1.54. The Labute approximate surface area is 185 Å². The third-order valence-electron chi connectivity index (χ3n) is 5.00. The summed E-state index contributed by atoms with van der Waals surface area (Å²) in [6, 6.07) is 24.8. The molecule has 0 saturated carbocycles. The number of hydrogen-bond donors (Lipinski definition) is 1. The maximum absolute atomic E-state index is 11.4. The van der Waals surface area contributed by atoms with Crippen LogP contribution in [-0.2, 0) is 18.4 Å². The molecule has 4 rings (SSSR count). The first kappa shape index (κ1) is 21.1. The number of carbonyl (C=O) groups is 1. The van der Waals surface area contributed by atoms with Crippen LogP contribution >= 0.6 is 0 Å². The van der Waals surface area contributed by atoms with Gasteiger partial charge in [0.25, 0.3) is 0 Å². The van der Waals surface area contributed by atoms with E-state index >= 15 is 0 Å². The van der Waals surface area contributed by atoms with E-state index in [-0.39, 0.29) is 12.3 Å². The van der Waals surface area contributed by atoms with Crippen molar-refractivity contribution in [1.82, 2.24) is 14.8 Å². The second-order valence-corrected chi connectivity index (χ2v) is 7.31. The molecule has 3 aromatic carbocycles. The van der Waals surface area contributed by atoms with Crippen LogP contribution in [0.15, 0.2) is 85.2 Å². The molecule has 7 nitrogen and oxygen atoms in total. The van der Waals surface area contributed by atoms with Crippen molar-refractivity contribution in [3.63, 3.8) is 0 Å². The number of aryl methyl sites for hydroxylation is 1. The third-order valence-corrected chi connectivity index (χ3v) is 5.00. The highest BCUT2D eigenvalue weighted by molar-refractivity contribution is 5.68. The van der Waals surface area contributed by atoms with Gasteiger partial charge >= 0.3 is 5.97 Å². The highest BCUT2D eigenvalue weighted by atomic mass is 16.5. The van der Waals surface area contributed by atoms with E-state index in [1.807, 2.05) is 78.9 Å². The molecule has 7 heteroatoms. The van der Waals surface area contributed by atoms with E-state index in [4.69, 9.17) is 9.47 Å². The van der Waals surface area contributed by atoms with Crippen LogP contribution in [-0.4, -0.2) is 25.8 Å². The van der Waals surface area contributed by atoms with Crippen LogP contribution in [0.25, 0.3) is 0 Å². The van der Waals surface area contributed by atoms with Crippen LogP contribution in [0, 0.1) is 0 Å². The average molecular weight is 429 g/mol. The molecule has 1 unspecified atom stereocenters. The molecule has 1 N–H and O–H groups in total. The van der Waals surface area contributed by atoms with Crippen molar-refractivity contribution in [3.05, 3.63) is 102 Å². The minimum absolute atomic E-state index is 0.0685. The summed E-state index contributed by atoms with van der Waals surface area (Å²) in [7, 11) is 1.75. The summed E-state index contributed by atoms with van der Waals surface area (Å²) < 4.78 is 13.4. The van der Waals surface area contributed by atoms with Gasteiger partial charge in [0.05, 0.1) is 12.3 Å². The summed E-state index contributed by atoms with van der Waals surface area (Å²) in [4.78, 5) is 15.6. The zero-order valence-electron chi connectivity index (χ0n) is 17.6. The summed E-state index contributed by atoms with van der Waals surface area (Å²) in [5, 5.41) is 13.4. The Morgan fingerprint density at radius 2 is 1.72 bits per heavy atom. The lowest BCUT2D eigenvalue weighted by Gasteiger charge is -2.15. The molecule has 1 atom stereocenters. The molecule has 0 aliphatic carbocycles. The number of carboxylic acid groups (broad SMARTS) is 1. The molecule has 162 valence electrons. The number of hydrogen-bond acceptors (Lipinski definition) is 5. The lowest BCUT2D eigenvalue weighted by molar-refractivity contribution is -0.137. The topological polar surface area (TPSA) is 86.5 Å². The van der Waals surface area contributed by atoms with Crippen molar-refractivity contribution in [2.75, 3.05) is 0 Å². The molecule has 0 aliphatic rings. The molecule has 0 aliphatic heterocycles. The Balaban J connectivity index is 1.42. The fourth-order valence-corrected chi connectivity index (χ4v) is 3.44. The fraction of sp³-hybridized carbons (Fsp3) is 0.160. The number of ether oxygens (including phenoxy) is 2. The quantitative estimate of drug-likeness (QED) is 0.412. The molecule has 0 bridgehead atoms. The zero-order valence-corrected chi connectivity index (χ0v) is 17.6. The maximum atomic E-state index is 11.4. The molecule has 1 heterocycles. The van der Waals surface area contributed by atoms with Gasteiger partial charge in [-0.2, -0.15) is 5.10 Å². The molecule has 1 aromatic heterocycles. The van der Waals surface area contributed by atoms with Crippen molar-refractivity contribution in [3.8, 4) is 17.2 Å². The maximum Gasteiger partial charge on any atom is 0.304 e. The van der Waals surface area contributed by atoms with Crippen LogP contribution in [0.4, 0.5) is 0 Å². The SMILES string of the molecule is Cn1ncnc1C(CC(=O)O)c1ccc(OCc2cccc(Oc3ccccc3)c2)cc1. The van der Waals surface area contributed by atoms with Crippen LogP contribution < -0.4 is 9.47 Å². The van der Waals surface area contributed by atoms with Crippen molar-refractivity contribution in [1.29, 1.82) is 0 Å². The van der Waals surface area contributed by atoms with Gasteiger partial charge in [-0.05, 0) is 47.5 Å². The van der Waals surface area contributed by atoms with Crippen LogP contribution in [0.1, 0.15) is 29.3 Å². The Bertz CT molecular complexity index is 1170. The Kier molecular flexibility index (Phi) is 6.46. The van der Waals surface area contributed by atoms with Crippen LogP contribution in [0.5, 0.6) is 17.2 Å². The van der Waals surface area contributed by atoms with Crippen molar-refractivity contribution >= 4 is 5.97 Å². The van der Waals surface area contributed by atoms with E-state index in [2.05, 4.69) is 10.1 Å². The fourth-order valence-electron chi connectivity index (χ4n) is 3.44. The van der Waals surface area contributed by atoms with Gasteiger partial charge in [-0.15, -0.1) is 0 Å². The largest absolute Gasteiger partial charge is 0.489 e. The molecule has 0 radical (unpaired) electrons. The second kappa shape index (κ2) is 9.78. The number of rotatable bonds is 9. The van der Waals surface area contributed by atoms with Gasteiger partial charge in [-0.1, -0.05) is 42.5 Å². The van der Waals surface area contributed by atoms with Gasteiger partial charge in [0.1, 0.15) is 36.0 Å². The molecule has 4 aromatic rings. The molecule has 0 amide bonds. The van der Waals surface area contributed by atoms with Crippen molar-refractivity contribution < 1.29 is 19.4 Å². The van der Waals surface area contributed by atoms with E-state index in [1.54, 1.807) is 11.7 Å². The number of aromatic nitrogens is 3. The molecule has 0 spiro atoms. The van der Waals surface area contributed by atoms with Crippen LogP contribution in [0.3, 0.4) is 0 Å². The number of carboxylic acids is 1. The number of para-hydroxylation sites is 1. The number of benzene rings is 3. The summed E-state index contributed by atoms with van der Waals surface area (Å²) in [6.07, 6.45) is 1.36. The van der Waals surface area contributed by atoms with Gasteiger partial charge in [-0.25, -0.2) is 4.98 Å². The summed E-state index contributed by atoms with van der Waals surface area (Å²) >= 11 is 0. The highest BCUT2D eigenvalue weighted by Crippen LogP contribution is 2.28. The third kappa shape index (κ3) is 5.31. The molecular weight excluding hydrogens is 406 g/mol. The summed E-state index contributed by atoms with van der Waals surface area (Å²) in [5.41, 5.74) is 1.82. The molecular formula is C25H23N3O4. The van der Waals surface area contributed by atoms with E-state index < -0.39 is 5.97 Å². The normalized spacial score (nSPS) is 11.7. The van der Waals surface area contributed by atoms with E-state index in [0.717, 1.165) is 22.6 Å². The number of aliphatic carboxylic acids is 1. The first-order chi connectivity index (χ1) is 15.6. The van der Waals surface area contributed by atoms with E-state index in [1.165, 1.54) is 6.33 Å². The smallest absolute Gasteiger partial charge is 0.304 e. The van der Waals surface area contributed by atoms with Gasteiger partial charge in [0.2, 0.25) is 0 Å². The van der Waals surface area contributed by atoms with Gasteiger partial charge < -0.3 is 14.6 Å². The van der Waals surface area contributed by atoms with Crippen molar-refractivity contribution in [2.45, 2.75) is 18.9 Å². The van der Waals surface area contributed by atoms with Crippen molar-refractivity contribution in [2.24, 2.45) is 7.05 Å². The summed E-state index contributed by atoms with van der Waals surface area (Å²) in [6.45, 7) is 0.382. The van der Waals surface area contributed by atoms with E-state index in [9.17, 15) is 9.90 Å². The molecule has 0 saturated heterocycles. The Morgan fingerprint density at radius 3 is 2.41 bits per heavy atom. The monoisotopic (exact) mass is 429 g/mol. The Morgan fingerprint density at radius 1 is 0.969 bits per heavy atom. The van der Waals surface area contributed by atoms with Gasteiger partial charge in [0.15, 0.2) is 0 Å². The lowest BCUT2D eigenvalue weighted by atomic mass is 9.95. The predicted molar refractivity (Wildman–Crippen MR) is 119 cm³/mol. The molecule has 0 fully saturated rings. The number of nitrogens with zero attached hydrogens (tertiary/aromatic N) is 3. The highest BCUT2D eigenvalue weighted by Gasteiger charge is 2.22. The average Bonchev–Trinajstić information content (AvgIpc) is 3.23. The standard InChI is InChI=1S/C25H23N3O4/c1-28-25(26-17-27-28)23(15-24(29)30)19-10-12-20(13-11-19)31-16-18-6-5-9-22(14-18)32-21-7-3-2-4-8-21/h2-14,17,23H,15-16H2,1H3,(H,29,30). The minimum atomic E-state index is -0.893. The lowest BCUT2D eigenvalue weighted by Crippen LogP contribution is -2.13. The second-order valence-electron chi connectivity index (χ2n) is 7.31. The first-order valence-corrected chi connectivity index (χ1v) is 10.2. The predicted octanol–water partition coefficient (Wildman–Crippen LogP) is 4.79. The first-order valence-electron chi connectivity index (χ1n) is 10.2. The Hall–Kier alpha value is -4.13. The van der Waals surface area contributed by atoms with Crippen LogP contribution in [0.2, 0.25) is 0 Å². The van der Waals surface area contributed by atoms with Gasteiger partial charge in [0, 0.05) is 7.05 Å². The molecule has 32 heavy (non-hydrogen) atoms. The van der Waals surface area contributed by atoms with E-state index in [0.29, 0.717) is 18.2 Å². The zero-order chi connectivity index (χ0) is 22.3. The van der Waals surface area contributed by atoms with Gasteiger partial charge in [-0.3, -0.25) is 9.48 Å². The minimum Gasteiger partial charge on any atom is -0.489 e.